The minimum Gasteiger partial charge on any atom is -0.460 e. The van der Waals surface area contributed by atoms with E-state index in [-0.39, 0.29) is 12.2 Å². The van der Waals surface area contributed by atoms with Crippen LogP contribution in [-0.4, -0.2) is 27.0 Å². The third-order valence-electron chi connectivity index (χ3n) is 5.96. The van der Waals surface area contributed by atoms with Gasteiger partial charge in [-0.15, -0.1) is 0 Å². The van der Waals surface area contributed by atoms with Gasteiger partial charge in [-0.1, -0.05) is 54.6 Å². The first-order chi connectivity index (χ1) is 17.4. The molecule has 9 nitrogen and oxygen atoms in total. The second kappa shape index (κ2) is 9.30. The highest BCUT2D eigenvalue weighted by Crippen LogP contribution is 2.30. The quantitative estimate of drug-likeness (QED) is 0.157. The molecule has 0 saturated carbocycles. The minimum absolute atomic E-state index is 0.0332. The Morgan fingerprint density at radius 2 is 1.39 bits per heavy atom. The van der Waals surface area contributed by atoms with Crippen molar-refractivity contribution < 1.29 is 19.4 Å². The van der Waals surface area contributed by atoms with E-state index in [1.165, 1.54) is 0 Å². The van der Waals surface area contributed by atoms with Crippen molar-refractivity contribution in [2.24, 2.45) is 0 Å². The lowest BCUT2D eigenvalue weighted by Crippen LogP contribution is -2.12. The summed E-state index contributed by atoms with van der Waals surface area (Å²) in [5.74, 6) is -0.870. The molecule has 0 atom stereocenters. The number of nitro benzene ring substituents is 2. The molecule has 1 heterocycles. The first kappa shape index (κ1) is 22.7. The number of hydrogen-bond donors (Lipinski definition) is 0. The molecular weight excluding hydrogens is 462 g/mol. The lowest BCUT2D eigenvalue weighted by molar-refractivity contribution is -0.394. The van der Waals surface area contributed by atoms with Gasteiger partial charge in [-0.2, -0.15) is 0 Å². The van der Waals surface area contributed by atoms with Gasteiger partial charge in [-0.3, -0.25) is 20.2 Å². The van der Waals surface area contributed by atoms with Gasteiger partial charge in [0, 0.05) is 28.7 Å². The highest BCUT2D eigenvalue weighted by atomic mass is 16.6. The number of carbonyl (C=O) groups is 1. The van der Waals surface area contributed by atoms with E-state index in [1.807, 2.05) is 59.2 Å². The van der Waals surface area contributed by atoms with Crippen LogP contribution in [0.4, 0.5) is 11.4 Å². The number of esters is 1. The normalized spacial score (nSPS) is 11.0. The van der Waals surface area contributed by atoms with Crippen molar-refractivity contribution in [2.75, 3.05) is 6.61 Å². The van der Waals surface area contributed by atoms with E-state index in [2.05, 4.69) is 18.2 Å². The van der Waals surface area contributed by atoms with Gasteiger partial charge in [-0.25, -0.2) is 4.79 Å². The van der Waals surface area contributed by atoms with Crippen molar-refractivity contribution in [3.05, 3.63) is 117 Å². The average molecular weight is 481 g/mol. The van der Waals surface area contributed by atoms with Crippen LogP contribution >= 0.6 is 0 Å². The largest absolute Gasteiger partial charge is 0.460 e. The highest BCUT2D eigenvalue weighted by Gasteiger charge is 2.21. The first-order valence-electron chi connectivity index (χ1n) is 11.1. The molecule has 0 saturated heterocycles. The molecule has 36 heavy (non-hydrogen) atoms. The van der Waals surface area contributed by atoms with Crippen molar-refractivity contribution in [3.63, 3.8) is 0 Å². The van der Waals surface area contributed by atoms with E-state index >= 15 is 0 Å². The van der Waals surface area contributed by atoms with E-state index in [0.717, 1.165) is 51.1 Å². The third kappa shape index (κ3) is 4.37. The molecular formula is C27H19N3O6. The number of nitro groups is 2. The molecule has 0 spiro atoms. The average Bonchev–Trinajstić information content (AvgIpc) is 3.26. The van der Waals surface area contributed by atoms with Crippen molar-refractivity contribution in [1.82, 2.24) is 4.57 Å². The predicted molar refractivity (Wildman–Crippen MR) is 135 cm³/mol. The molecule has 0 amide bonds. The number of benzene rings is 4. The van der Waals surface area contributed by atoms with Crippen LogP contribution in [0.5, 0.6) is 0 Å². The molecule has 9 heteroatoms. The van der Waals surface area contributed by atoms with Crippen LogP contribution in [0.1, 0.15) is 10.4 Å². The van der Waals surface area contributed by atoms with Crippen molar-refractivity contribution in [1.29, 1.82) is 0 Å². The SMILES string of the molecule is O=C(OCCn1c(-c2ccc3ccccc3c2)cc2ccccc21)c1cc([N+](=O)[O-])cc([N+](=O)[O-])c1. The Kier molecular flexibility index (Phi) is 5.87. The summed E-state index contributed by atoms with van der Waals surface area (Å²) in [5, 5.41) is 25.5. The summed E-state index contributed by atoms with van der Waals surface area (Å²) >= 11 is 0. The highest BCUT2D eigenvalue weighted by molar-refractivity contribution is 5.92. The van der Waals surface area contributed by atoms with Gasteiger partial charge in [-0.05, 0) is 34.5 Å². The van der Waals surface area contributed by atoms with Crippen LogP contribution in [0, 0.1) is 20.2 Å². The Labute approximate surface area is 204 Å². The standard InChI is InChI=1S/C27H19N3O6/c31-27(22-14-23(29(32)33)17-24(15-22)30(34)35)36-12-11-28-25-8-4-3-7-20(25)16-26(28)21-10-9-18-5-1-2-6-19(18)13-21/h1-10,13-17H,11-12H2. The van der Waals surface area contributed by atoms with Crippen LogP contribution in [0.2, 0.25) is 0 Å². The number of non-ortho nitro benzene ring substituents is 2. The fourth-order valence-corrected chi connectivity index (χ4v) is 4.28. The summed E-state index contributed by atoms with van der Waals surface area (Å²) in [6.07, 6.45) is 0. The number of ether oxygens (including phenoxy) is 1. The number of rotatable bonds is 7. The molecule has 4 aromatic carbocycles. The van der Waals surface area contributed by atoms with Gasteiger partial charge < -0.3 is 9.30 Å². The molecule has 0 N–H and O–H groups in total. The lowest BCUT2D eigenvalue weighted by atomic mass is 10.0. The molecule has 0 aliphatic heterocycles. The predicted octanol–water partition coefficient (Wildman–Crippen LogP) is 6.13. The summed E-state index contributed by atoms with van der Waals surface area (Å²) in [4.78, 5) is 33.3. The van der Waals surface area contributed by atoms with Gasteiger partial charge in [0.2, 0.25) is 0 Å². The lowest BCUT2D eigenvalue weighted by Gasteiger charge is -2.12. The Bertz CT molecular complexity index is 1620. The number of fused-ring (bicyclic) bond motifs is 2. The second-order valence-corrected chi connectivity index (χ2v) is 8.19. The summed E-state index contributed by atoms with van der Waals surface area (Å²) in [6.45, 7) is 0.285. The van der Waals surface area contributed by atoms with Gasteiger partial charge in [0.1, 0.15) is 6.61 Å². The van der Waals surface area contributed by atoms with Crippen LogP contribution in [-0.2, 0) is 11.3 Å². The Morgan fingerprint density at radius 3 is 2.08 bits per heavy atom. The zero-order valence-corrected chi connectivity index (χ0v) is 18.9. The van der Waals surface area contributed by atoms with Crippen LogP contribution in [0.25, 0.3) is 32.9 Å². The number of hydrogen-bond acceptors (Lipinski definition) is 6. The Hall–Kier alpha value is -5.05. The number of carbonyl (C=O) groups excluding carboxylic acids is 1. The summed E-state index contributed by atoms with van der Waals surface area (Å²) in [6, 6.07) is 27.0. The molecule has 0 radical (unpaired) electrons. The Morgan fingerprint density at radius 1 is 0.750 bits per heavy atom. The smallest absolute Gasteiger partial charge is 0.338 e. The maximum absolute atomic E-state index is 12.6. The molecule has 5 aromatic rings. The molecule has 0 unspecified atom stereocenters. The summed E-state index contributed by atoms with van der Waals surface area (Å²) < 4.78 is 7.42. The van der Waals surface area contributed by atoms with E-state index in [9.17, 15) is 25.0 Å². The van der Waals surface area contributed by atoms with E-state index in [1.54, 1.807) is 0 Å². The van der Waals surface area contributed by atoms with Crippen molar-refractivity contribution in [2.45, 2.75) is 6.54 Å². The molecule has 0 aliphatic carbocycles. The van der Waals surface area contributed by atoms with E-state index < -0.39 is 27.2 Å². The second-order valence-electron chi connectivity index (χ2n) is 8.19. The fourth-order valence-electron chi connectivity index (χ4n) is 4.28. The van der Waals surface area contributed by atoms with E-state index in [4.69, 9.17) is 4.74 Å². The van der Waals surface area contributed by atoms with Crippen LogP contribution in [0.15, 0.2) is 91.0 Å². The van der Waals surface area contributed by atoms with E-state index in [0.29, 0.717) is 6.54 Å². The maximum atomic E-state index is 12.6. The fraction of sp³-hybridized carbons (Fsp3) is 0.0741. The van der Waals surface area contributed by atoms with Crippen LogP contribution < -0.4 is 0 Å². The minimum atomic E-state index is -0.870. The molecule has 5 rings (SSSR count). The molecule has 1 aromatic heterocycles. The van der Waals surface area contributed by atoms with Crippen LogP contribution in [0.3, 0.4) is 0 Å². The van der Waals surface area contributed by atoms with Crippen molar-refractivity contribution >= 4 is 39.0 Å². The van der Waals surface area contributed by atoms with Gasteiger partial charge in [0.25, 0.3) is 11.4 Å². The van der Waals surface area contributed by atoms with Gasteiger partial charge in [0.15, 0.2) is 0 Å². The Balaban J connectivity index is 1.43. The monoisotopic (exact) mass is 481 g/mol. The third-order valence-corrected chi connectivity index (χ3v) is 5.96. The molecule has 0 bridgehead atoms. The van der Waals surface area contributed by atoms with Gasteiger partial charge >= 0.3 is 5.97 Å². The molecule has 178 valence electrons. The number of para-hydroxylation sites is 1. The molecule has 0 aliphatic rings. The summed E-state index contributed by atoms with van der Waals surface area (Å²) in [5.41, 5.74) is 1.57. The maximum Gasteiger partial charge on any atom is 0.338 e. The topological polar surface area (TPSA) is 118 Å². The van der Waals surface area contributed by atoms with Gasteiger partial charge in [0.05, 0.1) is 28.0 Å². The zero-order chi connectivity index (χ0) is 25.2. The number of nitrogens with zero attached hydrogens (tertiary/aromatic N) is 3. The molecule has 0 fully saturated rings. The van der Waals surface area contributed by atoms with Crippen molar-refractivity contribution in [3.8, 4) is 11.3 Å². The summed E-state index contributed by atoms with van der Waals surface area (Å²) in [7, 11) is 0. The zero-order valence-electron chi connectivity index (χ0n) is 18.9. The number of aromatic nitrogens is 1. The first-order valence-corrected chi connectivity index (χ1v) is 11.1.